The number of halogens is 1. The molecule has 116 valence electrons. The third-order valence-electron chi connectivity index (χ3n) is 2.55. The van der Waals surface area contributed by atoms with Gasteiger partial charge in [-0.25, -0.2) is 4.79 Å². The van der Waals surface area contributed by atoms with Crippen molar-refractivity contribution in [3.05, 3.63) is 23.8 Å². The predicted octanol–water partition coefficient (Wildman–Crippen LogP) is 3.37. The van der Waals surface area contributed by atoms with Crippen molar-refractivity contribution in [3.63, 3.8) is 0 Å². The highest BCUT2D eigenvalue weighted by molar-refractivity contribution is 9.10. The Labute approximate surface area is 133 Å². The van der Waals surface area contributed by atoms with Gasteiger partial charge in [-0.05, 0) is 45.9 Å². The van der Waals surface area contributed by atoms with E-state index in [1.165, 1.54) is 7.11 Å². The fourth-order valence-electron chi connectivity index (χ4n) is 1.51. The Kier molecular flexibility index (Phi) is 5.78. The van der Waals surface area contributed by atoms with Crippen LogP contribution in [0.25, 0.3) is 0 Å². The first kappa shape index (κ1) is 17.5. The van der Waals surface area contributed by atoms with E-state index in [1.54, 1.807) is 32.0 Å². The zero-order chi connectivity index (χ0) is 16.2. The number of hydrogen-bond acceptors (Lipinski definition) is 4. The molecule has 21 heavy (non-hydrogen) atoms. The molecule has 0 spiro atoms. The van der Waals surface area contributed by atoms with Crippen molar-refractivity contribution >= 4 is 33.5 Å². The van der Waals surface area contributed by atoms with Crippen molar-refractivity contribution in [3.8, 4) is 5.75 Å². The number of methoxy groups -OCH3 is 1. The van der Waals surface area contributed by atoms with Crippen LogP contribution in [-0.2, 0) is 9.53 Å². The topological polar surface area (TPSA) is 64.6 Å². The summed E-state index contributed by atoms with van der Waals surface area (Å²) in [4.78, 5) is 23.8. The van der Waals surface area contributed by atoms with Gasteiger partial charge in [0.05, 0.1) is 17.5 Å². The zero-order valence-electron chi connectivity index (χ0n) is 12.8. The van der Waals surface area contributed by atoms with E-state index in [0.29, 0.717) is 11.4 Å². The molecule has 0 atom stereocenters. The number of carbonyl (C=O) groups is 2. The van der Waals surface area contributed by atoms with E-state index in [0.717, 1.165) is 0 Å². The monoisotopic (exact) mass is 357 g/mol. The first-order chi connectivity index (χ1) is 9.65. The first-order valence-electron chi connectivity index (χ1n) is 6.54. The third kappa shape index (κ3) is 5.04. The number of anilines is 1. The summed E-state index contributed by atoms with van der Waals surface area (Å²) in [7, 11) is 1.30. The molecule has 0 radical (unpaired) electrons. The van der Waals surface area contributed by atoms with Crippen LogP contribution < -0.4 is 10.1 Å². The predicted molar refractivity (Wildman–Crippen MR) is 85.2 cm³/mol. The highest BCUT2D eigenvalue weighted by Gasteiger charge is 2.24. The lowest BCUT2D eigenvalue weighted by molar-refractivity contribution is -0.117. The highest BCUT2D eigenvalue weighted by atomic mass is 79.9. The van der Waals surface area contributed by atoms with Crippen LogP contribution in [0.1, 0.15) is 38.1 Å². The molecule has 0 aliphatic carbocycles. The van der Waals surface area contributed by atoms with E-state index in [2.05, 4.69) is 21.2 Å². The number of hydrogen-bond donors (Lipinski definition) is 1. The average molecular weight is 358 g/mol. The molecule has 1 N–H and O–H groups in total. The summed E-state index contributed by atoms with van der Waals surface area (Å²) >= 11 is 3.28. The third-order valence-corrected chi connectivity index (χ3v) is 2.91. The molecule has 0 aliphatic heterocycles. The fraction of sp³-hybridized carbons (Fsp3) is 0.467. The second-order valence-corrected chi connectivity index (χ2v) is 7.28. The van der Waals surface area contributed by atoms with Crippen molar-refractivity contribution in [1.82, 2.24) is 0 Å². The normalized spacial score (nSPS) is 11.2. The highest BCUT2D eigenvalue weighted by Crippen LogP contribution is 2.26. The summed E-state index contributed by atoms with van der Waals surface area (Å²) in [5.41, 5.74) is 0.778. The van der Waals surface area contributed by atoms with E-state index in [4.69, 9.17) is 9.47 Å². The summed E-state index contributed by atoms with van der Waals surface area (Å²) in [6.45, 7) is 7.20. The van der Waals surface area contributed by atoms with Gasteiger partial charge < -0.3 is 14.8 Å². The molecule has 1 aromatic carbocycles. The molecule has 5 nitrogen and oxygen atoms in total. The van der Waals surface area contributed by atoms with Gasteiger partial charge in [0, 0.05) is 5.69 Å². The molecule has 0 bridgehead atoms. The van der Waals surface area contributed by atoms with Crippen LogP contribution in [0.2, 0.25) is 0 Å². The van der Waals surface area contributed by atoms with Gasteiger partial charge >= 0.3 is 5.97 Å². The Hall–Kier alpha value is -1.56. The largest absolute Gasteiger partial charge is 0.490 e. The van der Waals surface area contributed by atoms with Gasteiger partial charge in [0.2, 0.25) is 5.91 Å². The number of rotatable bonds is 5. The minimum atomic E-state index is -0.703. The second-order valence-electron chi connectivity index (χ2n) is 5.30. The molecule has 0 heterocycles. The number of benzene rings is 1. The second kappa shape index (κ2) is 6.93. The molecule has 1 rings (SSSR count). The molecule has 0 saturated carbocycles. The standard InChI is InChI=1S/C15H20BrNO4/c1-9(2)21-12-7-6-10(8-11(12)13(18)20-5)17-14(19)15(3,4)16/h6-9H,1-5H3,(H,17,19). The molecule has 6 heteroatoms. The van der Waals surface area contributed by atoms with E-state index in [-0.39, 0.29) is 17.6 Å². The zero-order valence-corrected chi connectivity index (χ0v) is 14.4. The number of nitrogens with one attached hydrogen (secondary N) is 1. The molecule has 0 aromatic heterocycles. The van der Waals surface area contributed by atoms with E-state index < -0.39 is 10.3 Å². The summed E-state index contributed by atoms with van der Waals surface area (Å²) in [6, 6.07) is 4.87. The Bertz CT molecular complexity index is 535. The van der Waals surface area contributed by atoms with Crippen molar-refractivity contribution in [2.45, 2.75) is 38.1 Å². The lowest BCUT2D eigenvalue weighted by atomic mass is 10.1. The molecule has 0 unspecified atom stereocenters. The summed E-state index contributed by atoms with van der Waals surface area (Å²) < 4.78 is 9.61. The summed E-state index contributed by atoms with van der Waals surface area (Å²) in [6.07, 6.45) is -0.0738. The van der Waals surface area contributed by atoms with Gasteiger partial charge in [0.25, 0.3) is 0 Å². The van der Waals surface area contributed by atoms with Crippen molar-refractivity contribution in [2.24, 2.45) is 0 Å². The molecule has 0 fully saturated rings. The van der Waals surface area contributed by atoms with Gasteiger partial charge in [-0.15, -0.1) is 0 Å². The lowest BCUT2D eigenvalue weighted by Crippen LogP contribution is -2.31. The Morgan fingerprint density at radius 3 is 2.38 bits per heavy atom. The number of esters is 1. The van der Waals surface area contributed by atoms with Crippen LogP contribution in [0.4, 0.5) is 5.69 Å². The molecule has 1 amide bonds. The summed E-state index contributed by atoms with van der Waals surface area (Å²) in [5.74, 6) is -0.302. The number of ether oxygens (including phenoxy) is 2. The van der Waals surface area contributed by atoms with Crippen LogP contribution >= 0.6 is 15.9 Å². The average Bonchev–Trinajstić information content (AvgIpc) is 2.37. The van der Waals surface area contributed by atoms with Gasteiger partial charge in [0.15, 0.2) is 0 Å². The van der Waals surface area contributed by atoms with Gasteiger partial charge in [-0.3, -0.25) is 4.79 Å². The van der Waals surface area contributed by atoms with Crippen LogP contribution in [0, 0.1) is 0 Å². The smallest absolute Gasteiger partial charge is 0.341 e. The van der Waals surface area contributed by atoms with Gasteiger partial charge in [0.1, 0.15) is 11.3 Å². The molecule has 0 aliphatic rings. The van der Waals surface area contributed by atoms with Crippen LogP contribution in [0.5, 0.6) is 5.75 Å². The van der Waals surface area contributed by atoms with Crippen LogP contribution in [0.15, 0.2) is 18.2 Å². The van der Waals surface area contributed by atoms with E-state index in [1.807, 2.05) is 13.8 Å². The minimum Gasteiger partial charge on any atom is -0.490 e. The number of amides is 1. The maximum absolute atomic E-state index is 11.9. The Balaban J connectivity index is 3.10. The van der Waals surface area contributed by atoms with Crippen molar-refractivity contribution < 1.29 is 19.1 Å². The first-order valence-corrected chi connectivity index (χ1v) is 7.34. The number of alkyl halides is 1. The lowest BCUT2D eigenvalue weighted by Gasteiger charge is -2.18. The van der Waals surface area contributed by atoms with E-state index in [9.17, 15) is 9.59 Å². The minimum absolute atomic E-state index is 0.0738. The van der Waals surface area contributed by atoms with Crippen molar-refractivity contribution in [2.75, 3.05) is 12.4 Å². The molecular formula is C15H20BrNO4. The Morgan fingerprint density at radius 2 is 1.90 bits per heavy atom. The summed E-state index contributed by atoms with van der Waals surface area (Å²) in [5, 5.41) is 2.73. The maximum Gasteiger partial charge on any atom is 0.341 e. The Morgan fingerprint density at radius 1 is 1.29 bits per heavy atom. The molecule has 0 saturated heterocycles. The molecule has 1 aromatic rings. The maximum atomic E-state index is 11.9. The van der Waals surface area contributed by atoms with Crippen molar-refractivity contribution in [1.29, 1.82) is 0 Å². The molecular weight excluding hydrogens is 338 g/mol. The van der Waals surface area contributed by atoms with E-state index >= 15 is 0 Å². The van der Waals surface area contributed by atoms with Crippen LogP contribution in [-0.4, -0.2) is 29.4 Å². The van der Waals surface area contributed by atoms with Gasteiger partial charge in [-0.1, -0.05) is 15.9 Å². The quantitative estimate of drug-likeness (QED) is 0.648. The SMILES string of the molecule is COC(=O)c1cc(NC(=O)C(C)(C)Br)ccc1OC(C)C. The van der Waals surface area contributed by atoms with Crippen LogP contribution in [0.3, 0.4) is 0 Å². The fourth-order valence-corrected chi connectivity index (χ4v) is 1.61. The van der Waals surface area contributed by atoms with Gasteiger partial charge in [-0.2, -0.15) is 0 Å². The number of carbonyl (C=O) groups excluding carboxylic acids is 2.